The summed E-state index contributed by atoms with van der Waals surface area (Å²) in [5.41, 5.74) is 0.116. The molecule has 0 aliphatic carbocycles. The highest BCUT2D eigenvalue weighted by molar-refractivity contribution is 5.83. The Balaban J connectivity index is 0.000000146. The molecule has 1 aliphatic heterocycles. The van der Waals surface area contributed by atoms with Crippen LogP contribution in [-0.4, -0.2) is 28.6 Å². The van der Waals surface area contributed by atoms with Gasteiger partial charge in [-0.05, 0) is 12.1 Å². The highest BCUT2D eigenvalue weighted by atomic mass is 16.4. The Bertz CT molecular complexity index is 363. The number of aliphatic imine (C=N–C) groups is 1. The van der Waals surface area contributed by atoms with Crippen molar-refractivity contribution < 1.29 is 14.5 Å². The highest BCUT2D eigenvalue weighted by Gasteiger charge is 1.90. The third-order valence-corrected chi connectivity index (χ3v) is 1.38. The number of nitrogens with zero attached hydrogens (tertiary/aromatic N) is 2. The van der Waals surface area contributed by atoms with E-state index in [1.54, 1.807) is 29.4 Å². The van der Waals surface area contributed by atoms with Crippen LogP contribution in [0.2, 0.25) is 0 Å². The predicted octanol–water partition coefficient (Wildman–Crippen LogP) is -0.409. The summed E-state index contributed by atoms with van der Waals surface area (Å²) in [6, 6.07) is 3.04. The van der Waals surface area contributed by atoms with Crippen molar-refractivity contribution in [3.8, 4) is 0 Å². The lowest BCUT2D eigenvalue weighted by Gasteiger charge is -1.93. The number of H-pyrrole nitrogens is 1. The molecule has 5 nitrogen and oxygen atoms in total. The molecule has 72 valence electrons. The Morgan fingerprint density at radius 3 is 2.64 bits per heavy atom. The second-order valence-corrected chi connectivity index (χ2v) is 2.45. The van der Waals surface area contributed by atoms with E-state index in [1.807, 2.05) is 0 Å². The summed E-state index contributed by atoms with van der Waals surface area (Å²) < 4.78 is 1.64. The first kappa shape index (κ1) is 9.91. The third kappa shape index (κ3) is 3.06. The molecule has 0 fully saturated rings. The number of carbonyl (C=O) groups excluding carboxylic acids is 1. The summed E-state index contributed by atoms with van der Waals surface area (Å²) in [4.78, 5) is 16.1. The van der Waals surface area contributed by atoms with Gasteiger partial charge < -0.3 is 14.9 Å². The van der Waals surface area contributed by atoms with Crippen LogP contribution in [0.25, 0.3) is 0 Å². The molecule has 5 heteroatoms. The largest absolute Gasteiger partial charge is 0.543 e. The van der Waals surface area contributed by atoms with Gasteiger partial charge in [0.2, 0.25) is 0 Å². The van der Waals surface area contributed by atoms with E-state index >= 15 is 0 Å². The molecule has 1 aromatic rings. The van der Waals surface area contributed by atoms with Crippen LogP contribution in [-0.2, 0) is 0 Å². The molecular weight excluding hydrogens is 182 g/mol. The van der Waals surface area contributed by atoms with E-state index in [4.69, 9.17) is 0 Å². The van der Waals surface area contributed by atoms with Crippen LogP contribution in [0, 0.1) is 0 Å². The summed E-state index contributed by atoms with van der Waals surface area (Å²) in [5, 5.41) is 9.92. The van der Waals surface area contributed by atoms with E-state index in [0.717, 1.165) is 0 Å². The van der Waals surface area contributed by atoms with Crippen molar-refractivity contribution in [3.05, 3.63) is 36.4 Å². The minimum atomic E-state index is -1.17. The Hall–Kier alpha value is -2.17. The lowest BCUT2D eigenvalue weighted by atomic mass is 10.4. The van der Waals surface area contributed by atoms with Crippen molar-refractivity contribution in [2.24, 2.45) is 4.99 Å². The van der Waals surface area contributed by atoms with Gasteiger partial charge in [0.05, 0.1) is 18.4 Å². The van der Waals surface area contributed by atoms with Crippen molar-refractivity contribution in [3.63, 3.8) is 0 Å². The van der Waals surface area contributed by atoms with Gasteiger partial charge in [-0.3, -0.25) is 0 Å². The van der Waals surface area contributed by atoms with Crippen LogP contribution in [0.15, 0.2) is 35.7 Å². The number of carboxylic acid groups (broad SMARTS) is 1. The molecule has 0 saturated heterocycles. The zero-order valence-corrected chi connectivity index (χ0v) is 7.38. The molecule has 0 unspecified atom stereocenters. The van der Waals surface area contributed by atoms with Crippen LogP contribution in [0.3, 0.4) is 0 Å². The second-order valence-electron chi connectivity index (χ2n) is 2.45. The zero-order chi connectivity index (χ0) is 10.4. The molecule has 0 spiro atoms. The van der Waals surface area contributed by atoms with E-state index in [1.165, 1.54) is 12.3 Å². The molecule has 0 aromatic carbocycles. The summed E-state index contributed by atoms with van der Waals surface area (Å²) in [6.45, 7) is 3.53. The second kappa shape index (κ2) is 4.76. The molecule has 0 saturated carbocycles. The van der Waals surface area contributed by atoms with E-state index in [2.05, 4.69) is 16.7 Å². The van der Waals surface area contributed by atoms with Crippen molar-refractivity contribution >= 4 is 19.0 Å². The molecular formula is C9H9N3O2. The normalized spacial score (nSPS) is 12.4. The van der Waals surface area contributed by atoms with Crippen LogP contribution in [0.4, 0.5) is 0 Å². The average Bonchev–Trinajstić information content (AvgIpc) is 2.75. The number of carbonyl (C=O) groups is 1. The van der Waals surface area contributed by atoms with Gasteiger partial charge in [-0.15, -0.1) is 0 Å². The van der Waals surface area contributed by atoms with Crippen LogP contribution in [0.5, 0.6) is 0 Å². The number of hydrogen-bond acceptors (Lipinski definition) is 3. The SMILES string of the molecule is C=[N+]1C=CN=C1.O=C([O-])c1ccc[nH]1. The smallest absolute Gasteiger partial charge is 0.290 e. The van der Waals surface area contributed by atoms with E-state index in [-0.39, 0.29) is 5.69 Å². The number of hydrogen-bond donors (Lipinski definition) is 1. The molecule has 2 heterocycles. The number of aromatic nitrogens is 1. The van der Waals surface area contributed by atoms with Gasteiger partial charge in [0.25, 0.3) is 6.34 Å². The van der Waals surface area contributed by atoms with E-state index < -0.39 is 5.97 Å². The molecule has 14 heavy (non-hydrogen) atoms. The third-order valence-electron chi connectivity index (χ3n) is 1.38. The fourth-order valence-electron chi connectivity index (χ4n) is 0.744. The van der Waals surface area contributed by atoms with Gasteiger partial charge >= 0.3 is 0 Å². The lowest BCUT2D eigenvalue weighted by molar-refractivity contribution is -0.297. The maximum atomic E-state index is 9.92. The number of aromatic amines is 1. The predicted molar refractivity (Wildman–Crippen MR) is 50.1 cm³/mol. The van der Waals surface area contributed by atoms with Crippen molar-refractivity contribution in [1.82, 2.24) is 4.98 Å². The summed E-state index contributed by atoms with van der Waals surface area (Å²) in [6.07, 6.45) is 6.64. The quantitative estimate of drug-likeness (QED) is 0.613. The lowest BCUT2D eigenvalue weighted by Crippen LogP contribution is -2.22. The number of nitrogens with one attached hydrogen (secondary N) is 1. The number of rotatable bonds is 1. The Morgan fingerprint density at radius 1 is 1.64 bits per heavy atom. The summed E-state index contributed by atoms with van der Waals surface area (Å²) >= 11 is 0. The van der Waals surface area contributed by atoms with E-state index in [0.29, 0.717) is 0 Å². The molecule has 2 rings (SSSR count). The molecule has 1 aliphatic rings. The maximum Gasteiger partial charge on any atom is 0.290 e. The first-order chi connectivity index (χ1) is 6.70. The first-order valence-corrected chi connectivity index (χ1v) is 3.83. The Morgan fingerprint density at radius 2 is 2.43 bits per heavy atom. The monoisotopic (exact) mass is 191 g/mol. The molecule has 0 atom stereocenters. The van der Waals surface area contributed by atoms with Gasteiger partial charge in [0.1, 0.15) is 6.20 Å². The summed E-state index contributed by atoms with van der Waals surface area (Å²) in [5.74, 6) is -1.17. The van der Waals surface area contributed by atoms with Crippen molar-refractivity contribution in [2.75, 3.05) is 0 Å². The van der Waals surface area contributed by atoms with Crippen LogP contribution in [0.1, 0.15) is 10.5 Å². The Labute approximate surface area is 80.7 Å². The van der Waals surface area contributed by atoms with E-state index in [9.17, 15) is 9.90 Å². The molecule has 0 bridgehead atoms. The standard InChI is InChI=1S/C5H5NO2.C4H5N2/c7-5(8)4-2-1-3-6-4;1-6-3-2-5-4-6/h1-3,6H,(H,7,8);2-4H,1H2/q;+1/p-1. The van der Waals surface area contributed by atoms with Gasteiger partial charge in [-0.2, -0.15) is 0 Å². The molecule has 0 amide bonds. The minimum absolute atomic E-state index is 0.116. The molecule has 1 aromatic heterocycles. The van der Waals surface area contributed by atoms with Gasteiger partial charge in [-0.25, -0.2) is 4.58 Å². The maximum absolute atomic E-state index is 9.92. The zero-order valence-electron chi connectivity index (χ0n) is 7.38. The first-order valence-electron chi connectivity index (χ1n) is 3.83. The van der Waals surface area contributed by atoms with Gasteiger partial charge in [-0.1, -0.05) is 4.99 Å². The molecule has 0 radical (unpaired) electrons. The number of carboxylic acids is 1. The minimum Gasteiger partial charge on any atom is -0.543 e. The Kier molecular flexibility index (Phi) is 3.37. The topological polar surface area (TPSA) is 71.3 Å². The molecule has 1 N–H and O–H groups in total. The number of aromatic carboxylic acids is 1. The van der Waals surface area contributed by atoms with Crippen LogP contribution >= 0.6 is 0 Å². The summed E-state index contributed by atoms with van der Waals surface area (Å²) in [7, 11) is 0. The van der Waals surface area contributed by atoms with Crippen LogP contribution < -0.4 is 5.11 Å². The van der Waals surface area contributed by atoms with Crippen molar-refractivity contribution in [1.29, 1.82) is 0 Å². The highest BCUT2D eigenvalue weighted by Crippen LogP contribution is 1.89. The van der Waals surface area contributed by atoms with Crippen molar-refractivity contribution in [2.45, 2.75) is 0 Å². The fourth-order valence-corrected chi connectivity index (χ4v) is 0.744. The average molecular weight is 191 g/mol. The van der Waals surface area contributed by atoms with Gasteiger partial charge in [0, 0.05) is 6.20 Å². The van der Waals surface area contributed by atoms with Gasteiger partial charge in [0.15, 0.2) is 6.20 Å². The fraction of sp³-hybridized carbons (Fsp3) is 0.